The van der Waals surface area contributed by atoms with Crippen LogP contribution >= 0.6 is 0 Å². The first kappa shape index (κ1) is 14.6. The zero-order valence-electron chi connectivity index (χ0n) is 12.5. The molecule has 0 spiro atoms. The quantitative estimate of drug-likeness (QED) is 0.422. The van der Waals surface area contributed by atoms with E-state index < -0.39 is 0 Å². The van der Waals surface area contributed by atoms with Crippen molar-refractivity contribution in [2.45, 2.75) is 77.2 Å². The molecular formula is C17H28O2. The molecule has 2 nitrogen and oxygen atoms in total. The van der Waals surface area contributed by atoms with E-state index in [4.69, 9.17) is 4.74 Å². The van der Waals surface area contributed by atoms with Crippen molar-refractivity contribution in [2.24, 2.45) is 11.8 Å². The highest BCUT2D eigenvalue weighted by atomic mass is 16.6. The van der Waals surface area contributed by atoms with Crippen LogP contribution in [0, 0.1) is 11.8 Å². The summed E-state index contributed by atoms with van der Waals surface area (Å²) in [5, 5.41) is 0. The molecule has 0 aromatic rings. The van der Waals surface area contributed by atoms with Gasteiger partial charge in [-0.3, -0.25) is 0 Å². The van der Waals surface area contributed by atoms with Crippen molar-refractivity contribution in [1.82, 2.24) is 0 Å². The van der Waals surface area contributed by atoms with Crippen LogP contribution in [-0.4, -0.2) is 11.6 Å². The molecule has 0 aromatic heterocycles. The maximum Gasteiger partial charge on any atom is 0.333 e. The summed E-state index contributed by atoms with van der Waals surface area (Å²) in [5.41, 5.74) is 0.344. The number of esters is 1. The monoisotopic (exact) mass is 264 g/mol. The molecule has 0 aromatic carbocycles. The van der Waals surface area contributed by atoms with E-state index in [9.17, 15) is 4.79 Å². The second kappa shape index (κ2) is 6.11. The van der Waals surface area contributed by atoms with Gasteiger partial charge in [0.2, 0.25) is 0 Å². The average molecular weight is 264 g/mol. The van der Waals surface area contributed by atoms with Crippen LogP contribution < -0.4 is 0 Å². The van der Waals surface area contributed by atoms with E-state index in [0.29, 0.717) is 17.4 Å². The minimum absolute atomic E-state index is 0.180. The van der Waals surface area contributed by atoms with Gasteiger partial charge in [0.25, 0.3) is 0 Å². The van der Waals surface area contributed by atoms with Crippen LogP contribution in [0.15, 0.2) is 12.2 Å². The van der Waals surface area contributed by atoms with Gasteiger partial charge in [0, 0.05) is 5.57 Å². The molecule has 2 rings (SSSR count). The molecule has 2 unspecified atom stereocenters. The fraction of sp³-hybridized carbons (Fsp3) is 0.824. The van der Waals surface area contributed by atoms with Crippen LogP contribution in [0.25, 0.3) is 0 Å². The Morgan fingerprint density at radius 3 is 2.42 bits per heavy atom. The highest BCUT2D eigenvalue weighted by Crippen LogP contribution is 2.46. The molecule has 2 heteroatoms. The minimum atomic E-state index is -0.192. The SMILES string of the molecule is C=C(C)C(=O)OC1(C2CCCC2)CCCCC(C)C1. The number of hydrogen-bond acceptors (Lipinski definition) is 2. The van der Waals surface area contributed by atoms with Crippen molar-refractivity contribution in [2.75, 3.05) is 0 Å². The Balaban J connectivity index is 2.19. The van der Waals surface area contributed by atoms with Crippen molar-refractivity contribution in [3.8, 4) is 0 Å². The summed E-state index contributed by atoms with van der Waals surface area (Å²) in [5.74, 6) is 1.07. The van der Waals surface area contributed by atoms with Gasteiger partial charge in [-0.2, -0.15) is 0 Å². The van der Waals surface area contributed by atoms with Gasteiger partial charge in [-0.05, 0) is 50.9 Å². The van der Waals surface area contributed by atoms with Crippen molar-refractivity contribution in [1.29, 1.82) is 0 Å². The summed E-state index contributed by atoms with van der Waals surface area (Å²) in [4.78, 5) is 12.1. The lowest BCUT2D eigenvalue weighted by atomic mass is 9.77. The van der Waals surface area contributed by atoms with E-state index in [-0.39, 0.29) is 11.6 Å². The third kappa shape index (κ3) is 3.40. The smallest absolute Gasteiger partial charge is 0.333 e. The van der Waals surface area contributed by atoms with Gasteiger partial charge < -0.3 is 4.74 Å². The first-order valence-electron chi connectivity index (χ1n) is 7.92. The molecule has 108 valence electrons. The van der Waals surface area contributed by atoms with Crippen molar-refractivity contribution in [3.05, 3.63) is 12.2 Å². The molecule has 0 amide bonds. The van der Waals surface area contributed by atoms with Gasteiger partial charge in [-0.25, -0.2) is 4.79 Å². The van der Waals surface area contributed by atoms with Gasteiger partial charge in [0.15, 0.2) is 0 Å². The van der Waals surface area contributed by atoms with Crippen LogP contribution in [0.1, 0.15) is 71.6 Å². The van der Waals surface area contributed by atoms with Gasteiger partial charge >= 0.3 is 5.97 Å². The molecule has 2 fully saturated rings. The van der Waals surface area contributed by atoms with Crippen molar-refractivity contribution in [3.63, 3.8) is 0 Å². The zero-order chi connectivity index (χ0) is 13.9. The van der Waals surface area contributed by atoms with E-state index >= 15 is 0 Å². The summed E-state index contributed by atoms with van der Waals surface area (Å²) in [7, 11) is 0. The maximum absolute atomic E-state index is 12.1. The van der Waals surface area contributed by atoms with E-state index in [1.807, 2.05) is 0 Å². The summed E-state index contributed by atoms with van der Waals surface area (Å²) in [6, 6.07) is 0. The van der Waals surface area contributed by atoms with E-state index in [1.54, 1.807) is 6.92 Å². The Morgan fingerprint density at radius 1 is 1.16 bits per heavy atom. The van der Waals surface area contributed by atoms with Crippen LogP contribution in [0.4, 0.5) is 0 Å². The van der Waals surface area contributed by atoms with Crippen LogP contribution in [0.3, 0.4) is 0 Å². The molecule has 2 aliphatic rings. The minimum Gasteiger partial charge on any atom is -0.455 e. The Kier molecular flexibility index (Phi) is 4.70. The predicted octanol–water partition coefficient (Wildman–Crippen LogP) is 4.63. The Hall–Kier alpha value is -0.790. The standard InChI is InChI=1S/C17H28O2/c1-13(2)16(18)19-17(15-9-4-5-10-15)11-7-6-8-14(3)12-17/h14-15H,1,4-12H2,2-3H3. The summed E-state index contributed by atoms with van der Waals surface area (Å²) < 4.78 is 6.04. The fourth-order valence-corrected chi connectivity index (χ4v) is 3.98. The lowest BCUT2D eigenvalue weighted by Gasteiger charge is -2.39. The molecule has 0 N–H and O–H groups in total. The van der Waals surface area contributed by atoms with E-state index in [0.717, 1.165) is 12.8 Å². The van der Waals surface area contributed by atoms with E-state index in [1.165, 1.54) is 44.9 Å². The Labute approximate surface area is 117 Å². The molecule has 2 aliphatic carbocycles. The maximum atomic E-state index is 12.1. The van der Waals surface area contributed by atoms with Crippen LogP contribution in [0.2, 0.25) is 0 Å². The molecule has 0 aliphatic heterocycles. The first-order chi connectivity index (χ1) is 9.03. The second-order valence-corrected chi connectivity index (χ2v) is 6.77. The predicted molar refractivity (Wildman–Crippen MR) is 77.8 cm³/mol. The third-order valence-corrected chi connectivity index (χ3v) is 4.98. The zero-order valence-corrected chi connectivity index (χ0v) is 12.5. The second-order valence-electron chi connectivity index (χ2n) is 6.77. The topological polar surface area (TPSA) is 26.3 Å². The van der Waals surface area contributed by atoms with Crippen LogP contribution in [-0.2, 0) is 9.53 Å². The molecule has 0 saturated heterocycles. The summed E-state index contributed by atoms with van der Waals surface area (Å²) >= 11 is 0. The molecule has 0 bridgehead atoms. The number of carbonyl (C=O) groups is 1. The average Bonchev–Trinajstić information content (AvgIpc) is 2.82. The lowest BCUT2D eigenvalue weighted by molar-refractivity contribution is -0.164. The van der Waals surface area contributed by atoms with Gasteiger partial charge in [0.05, 0.1) is 0 Å². The fourth-order valence-electron chi connectivity index (χ4n) is 3.98. The van der Waals surface area contributed by atoms with Crippen LogP contribution in [0.5, 0.6) is 0 Å². The highest BCUT2D eigenvalue weighted by Gasteiger charge is 2.44. The molecule has 19 heavy (non-hydrogen) atoms. The number of ether oxygens (including phenoxy) is 1. The largest absolute Gasteiger partial charge is 0.455 e. The highest BCUT2D eigenvalue weighted by molar-refractivity contribution is 5.87. The summed E-state index contributed by atoms with van der Waals surface area (Å²) in [6.45, 7) is 7.81. The summed E-state index contributed by atoms with van der Waals surface area (Å²) in [6.07, 6.45) is 10.9. The van der Waals surface area contributed by atoms with E-state index in [2.05, 4.69) is 13.5 Å². The van der Waals surface area contributed by atoms with Gasteiger partial charge in [-0.1, -0.05) is 39.2 Å². The molecule has 2 atom stereocenters. The third-order valence-electron chi connectivity index (χ3n) is 4.98. The molecule has 0 radical (unpaired) electrons. The lowest BCUT2D eigenvalue weighted by Crippen LogP contribution is -2.42. The van der Waals surface area contributed by atoms with Crippen molar-refractivity contribution < 1.29 is 9.53 Å². The molecular weight excluding hydrogens is 236 g/mol. The van der Waals surface area contributed by atoms with Gasteiger partial charge in [0.1, 0.15) is 5.60 Å². The molecule has 0 heterocycles. The van der Waals surface area contributed by atoms with Gasteiger partial charge in [-0.15, -0.1) is 0 Å². The van der Waals surface area contributed by atoms with Crippen molar-refractivity contribution >= 4 is 5.97 Å². The number of rotatable bonds is 3. The normalized spacial score (nSPS) is 32.8. The first-order valence-corrected chi connectivity index (χ1v) is 7.92. The number of hydrogen-bond donors (Lipinski definition) is 0. The molecule has 2 saturated carbocycles. The number of carbonyl (C=O) groups excluding carboxylic acids is 1. The Bertz CT molecular complexity index is 341. The Morgan fingerprint density at radius 2 is 1.79 bits per heavy atom.